The normalized spacial score (nSPS) is 9.75. The SMILES string of the molecule is Cn1nnc([N+](=O)[O-])c1[N+](=O)[O-]. The van der Waals surface area contributed by atoms with Crippen molar-refractivity contribution in [1.82, 2.24) is 15.0 Å². The van der Waals surface area contributed by atoms with Crippen molar-refractivity contribution in [2.75, 3.05) is 0 Å². The minimum atomic E-state index is -0.953. The predicted octanol–water partition coefficient (Wildman–Crippen LogP) is -0.369. The molecule has 0 aliphatic rings. The van der Waals surface area contributed by atoms with Crippen LogP contribution >= 0.6 is 0 Å². The maximum absolute atomic E-state index is 10.2. The van der Waals surface area contributed by atoms with E-state index in [1.54, 1.807) is 0 Å². The molecule has 9 heteroatoms. The Morgan fingerprint density at radius 1 is 1.33 bits per heavy atom. The van der Waals surface area contributed by atoms with Gasteiger partial charge >= 0.3 is 11.6 Å². The Hall–Kier alpha value is -2.06. The Morgan fingerprint density at radius 3 is 2.25 bits per heavy atom. The molecule has 0 saturated carbocycles. The quantitative estimate of drug-likeness (QED) is 0.444. The molecule has 1 aromatic heterocycles. The first-order chi connectivity index (χ1) is 5.54. The molecule has 0 unspecified atom stereocenters. The van der Waals surface area contributed by atoms with Gasteiger partial charge in [0.1, 0.15) is 17.4 Å². The fraction of sp³-hybridized carbons (Fsp3) is 0.333. The molecule has 9 nitrogen and oxygen atoms in total. The van der Waals surface area contributed by atoms with Gasteiger partial charge < -0.3 is 20.2 Å². The molecule has 0 N–H and O–H groups in total. The first kappa shape index (κ1) is 8.04. The molecule has 0 radical (unpaired) electrons. The van der Waals surface area contributed by atoms with E-state index in [4.69, 9.17) is 0 Å². The number of aryl methyl sites for hydroxylation is 1. The summed E-state index contributed by atoms with van der Waals surface area (Å²) in [5.41, 5.74) is 0. The van der Waals surface area contributed by atoms with Crippen molar-refractivity contribution in [2.24, 2.45) is 7.05 Å². The molecule has 1 rings (SSSR count). The summed E-state index contributed by atoms with van der Waals surface area (Å²) in [5.74, 6) is -1.57. The van der Waals surface area contributed by atoms with E-state index in [0.717, 1.165) is 4.68 Å². The maximum Gasteiger partial charge on any atom is 0.490 e. The summed E-state index contributed by atoms with van der Waals surface area (Å²) in [5, 5.41) is 26.5. The highest BCUT2D eigenvalue weighted by atomic mass is 16.6. The smallest absolute Gasteiger partial charge is 0.358 e. The Balaban J connectivity index is 3.31. The van der Waals surface area contributed by atoms with Crippen LogP contribution in [-0.2, 0) is 7.05 Å². The van der Waals surface area contributed by atoms with Crippen molar-refractivity contribution >= 4 is 11.6 Å². The van der Waals surface area contributed by atoms with Crippen LogP contribution in [-0.4, -0.2) is 24.8 Å². The van der Waals surface area contributed by atoms with Crippen molar-refractivity contribution in [2.45, 2.75) is 0 Å². The third kappa shape index (κ3) is 1.07. The number of nitrogens with zero attached hydrogens (tertiary/aromatic N) is 5. The van der Waals surface area contributed by atoms with Crippen LogP contribution in [0.5, 0.6) is 0 Å². The van der Waals surface area contributed by atoms with Crippen LogP contribution in [0.4, 0.5) is 11.6 Å². The fourth-order valence-electron chi connectivity index (χ4n) is 0.659. The van der Waals surface area contributed by atoms with Crippen molar-refractivity contribution in [1.29, 1.82) is 0 Å². The second kappa shape index (κ2) is 2.53. The van der Waals surface area contributed by atoms with Crippen LogP contribution in [0.15, 0.2) is 0 Å². The van der Waals surface area contributed by atoms with E-state index < -0.39 is 21.5 Å². The topological polar surface area (TPSA) is 117 Å². The Morgan fingerprint density at radius 2 is 1.92 bits per heavy atom. The first-order valence-corrected chi connectivity index (χ1v) is 2.72. The summed E-state index contributed by atoms with van der Waals surface area (Å²) in [6.45, 7) is 0. The van der Waals surface area contributed by atoms with E-state index >= 15 is 0 Å². The Bertz CT molecular complexity index is 342. The van der Waals surface area contributed by atoms with Crippen LogP contribution in [0, 0.1) is 20.2 Å². The minimum Gasteiger partial charge on any atom is -0.358 e. The molecule has 0 atom stereocenters. The summed E-state index contributed by atoms with van der Waals surface area (Å²) in [6, 6.07) is 0. The molecule has 12 heavy (non-hydrogen) atoms. The van der Waals surface area contributed by atoms with Crippen LogP contribution in [0.3, 0.4) is 0 Å². The zero-order valence-corrected chi connectivity index (χ0v) is 5.87. The molecule has 0 amide bonds. The number of aromatic nitrogens is 3. The number of rotatable bonds is 2. The van der Waals surface area contributed by atoms with Crippen molar-refractivity contribution in [3.8, 4) is 0 Å². The van der Waals surface area contributed by atoms with E-state index in [1.807, 2.05) is 0 Å². The van der Waals surface area contributed by atoms with Gasteiger partial charge in [0.15, 0.2) is 0 Å². The molecule has 1 aromatic rings. The minimum absolute atomic E-state index is 0.722. The predicted molar refractivity (Wildman–Crippen MR) is 34.3 cm³/mol. The van der Waals surface area contributed by atoms with Gasteiger partial charge in [-0.25, -0.2) is 0 Å². The van der Waals surface area contributed by atoms with E-state index in [1.165, 1.54) is 7.05 Å². The van der Waals surface area contributed by atoms with Gasteiger partial charge in [-0.15, -0.1) is 0 Å². The zero-order valence-electron chi connectivity index (χ0n) is 5.87. The second-order valence-corrected chi connectivity index (χ2v) is 1.87. The van der Waals surface area contributed by atoms with Crippen LogP contribution in [0.2, 0.25) is 0 Å². The lowest BCUT2D eigenvalue weighted by atomic mass is 10.6. The van der Waals surface area contributed by atoms with Gasteiger partial charge in [0.2, 0.25) is 0 Å². The van der Waals surface area contributed by atoms with Gasteiger partial charge in [-0.2, -0.15) is 0 Å². The molecule has 1 heterocycles. The van der Waals surface area contributed by atoms with Gasteiger partial charge in [0.25, 0.3) is 0 Å². The largest absolute Gasteiger partial charge is 0.490 e. The molecule has 0 aromatic carbocycles. The van der Waals surface area contributed by atoms with Gasteiger partial charge in [0, 0.05) is 0 Å². The number of hydrogen-bond acceptors (Lipinski definition) is 6. The van der Waals surface area contributed by atoms with E-state index in [9.17, 15) is 20.2 Å². The summed E-state index contributed by atoms with van der Waals surface area (Å²) >= 11 is 0. The zero-order chi connectivity index (χ0) is 9.30. The molecule has 64 valence electrons. The van der Waals surface area contributed by atoms with Crippen LogP contribution in [0.1, 0.15) is 0 Å². The monoisotopic (exact) mass is 173 g/mol. The average Bonchev–Trinajstić information content (AvgIpc) is 2.30. The third-order valence-electron chi connectivity index (χ3n) is 1.13. The molecular weight excluding hydrogens is 170 g/mol. The fourth-order valence-corrected chi connectivity index (χ4v) is 0.659. The highest BCUT2D eigenvalue weighted by molar-refractivity contribution is 5.38. The van der Waals surface area contributed by atoms with Crippen molar-refractivity contribution in [3.63, 3.8) is 0 Å². The average molecular weight is 173 g/mol. The summed E-state index contributed by atoms with van der Waals surface area (Å²) in [4.78, 5) is 18.5. The molecule has 0 fully saturated rings. The number of nitro groups is 2. The van der Waals surface area contributed by atoms with E-state index in [2.05, 4.69) is 10.3 Å². The highest BCUT2D eigenvalue weighted by Gasteiger charge is 2.32. The molecule has 0 bridgehead atoms. The lowest BCUT2D eigenvalue weighted by Crippen LogP contribution is -2.00. The highest BCUT2D eigenvalue weighted by Crippen LogP contribution is 2.20. The van der Waals surface area contributed by atoms with Gasteiger partial charge in [-0.3, -0.25) is 0 Å². The number of hydrogen-bond donors (Lipinski definition) is 0. The van der Waals surface area contributed by atoms with Crippen LogP contribution < -0.4 is 0 Å². The molecule has 0 aliphatic heterocycles. The van der Waals surface area contributed by atoms with Gasteiger partial charge in [0.05, 0.1) is 0 Å². The van der Waals surface area contributed by atoms with Crippen molar-refractivity contribution < 1.29 is 9.85 Å². The summed E-state index contributed by atoms with van der Waals surface area (Å²) in [7, 11) is 1.21. The first-order valence-electron chi connectivity index (χ1n) is 2.72. The lowest BCUT2D eigenvalue weighted by Gasteiger charge is -1.90. The van der Waals surface area contributed by atoms with Crippen molar-refractivity contribution in [3.05, 3.63) is 20.2 Å². The molecule has 0 spiro atoms. The van der Waals surface area contributed by atoms with E-state index in [-0.39, 0.29) is 0 Å². The molecule has 0 aliphatic carbocycles. The van der Waals surface area contributed by atoms with Gasteiger partial charge in [-0.05, 0) is 9.85 Å². The lowest BCUT2D eigenvalue weighted by molar-refractivity contribution is -0.428. The standard InChI is InChI=1S/C3H3N5O4/c1-6-3(8(11)12)2(4-5-6)7(9)10/h1H3. The molecular formula is C3H3N5O4. The van der Waals surface area contributed by atoms with E-state index in [0.29, 0.717) is 0 Å². The summed E-state index contributed by atoms with van der Waals surface area (Å²) in [6.07, 6.45) is 0. The maximum atomic E-state index is 10.2. The summed E-state index contributed by atoms with van der Waals surface area (Å²) < 4.78 is 0.734. The second-order valence-electron chi connectivity index (χ2n) is 1.87. The molecule has 0 saturated heterocycles. The Kier molecular flexibility index (Phi) is 1.69. The van der Waals surface area contributed by atoms with Gasteiger partial charge in [-0.1, -0.05) is 4.68 Å². The van der Waals surface area contributed by atoms with Crippen LogP contribution in [0.25, 0.3) is 0 Å². The Labute approximate surface area is 64.9 Å². The third-order valence-corrected chi connectivity index (χ3v) is 1.13.